The van der Waals surface area contributed by atoms with Crippen LogP contribution in [-0.4, -0.2) is 94.1 Å². The Kier molecular flexibility index (Phi) is 14.7. The fourth-order valence-electron chi connectivity index (χ4n) is 8.15. The van der Waals surface area contributed by atoms with Crippen molar-refractivity contribution in [3.05, 3.63) is 114 Å². The first-order valence-electron chi connectivity index (χ1n) is 22.1. The van der Waals surface area contributed by atoms with E-state index in [-0.39, 0.29) is 18.4 Å². The quantitative estimate of drug-likeness (QED) is 0.0976. The minimum atomic E-state index is -0.781. The zero-order valence-electron chi connectivity index (χ0n) is 37.4. The van der Waals surface area contributed by atoms with E-state index in [1.165, 1.54) is 33.1 Å². The fraction of sp³-hybridized carbons (Fsp3) is 0.365. The first-order valence-corrected chi connectivity index (χ1v) is 22.1. The Hall–Kier alpha value is -6.55. The number of aldehydes is 2. The van der Waals surface area contributed by atoms with E-state index in [9.17, 15) is 19.5 Å². The Morgan fingerprint density at radius 1 is 0.922 bits per heavy atom. The van der Waals surface area contributed by atoms with Gasteiger partial charge in [0.2, 0.25) is 5.88 Å². The highest BCUT2D eigenvalue weighted by atomic mass is 16.5. The zero-order valence-corrected chi connectivity index (χ0v) is 37.4. The number of nitrogens with zero attached hydrogens (tertiary/aromatic N) is 5. The summed E-state index contributed by atoms with van der Waals surface area (Å²) in [5, 5.41) is 14.9. The summed E-state index contributed by atoms with van der Waals surface area (Å²) in [4.78, 5) is 47.5. The molecule has 1 aliphatic carbocycles. The summed E-state index contributed by atoms with van der Waals surface area (Å²) >= 11 is 0. The fourth-order valence-corrected chi connectivity index (χ4v) is 8.15. The Balaban J connectivity index is 0.000000190. The highest BCUT2D eigenvalue weighted by Gasteiger charge is 2.33. The van der Waals surface area contributed by atoms with E-state index in [1.807, 2.05) is 70.8 Å². The molecule has 3 aliphatic rings. The van der Waals surface area contributed by atoms with Gasteiger partial charge in [-0.15, -0.1) is 0 Å². The number of carbonyl (C=O) groups is 3. The molecular weight excluding hydrogens is 805 g/mol. The van der Waals surface area contributed by atoms with Gasteiger partial charge in [-0.1, -0.05) is 30.0 Å². The average Bonchev–Trinajstić information content (AvgIpc) is 3.77. The van der Waals surface area contributed by atoms with E-state index in [4.69, 9.17) is 9.47 Å². The Morgan fingerprint density at radius 2 is 1.70 bits per heavy atom. The van der Waals surface area contributed by atoms with Crippen LogP contribution in [0.4, 0.5) is 5.69 Å². The van der Waals surface area contributed by atoms with Crippen LogP contribution >= 0.6 is 0 Å². The Bertz CT molecular complexity index is 2640. The standard InChI is InChI=1S/C29H32N2O5.C21H19N3O.C2H7N/c1-29(2,13-10-21-5-3-6-23(17-21)30-14-11-25(34)12-15-30)36-26-8-9-27-22(18-26)19-31(28(27)35)24(20-33)7-4-16-32;1-24-19-9-10-22-13-18(19)17-7-5-14(11-20(17)24)15-6-8-21(23-12-15)25-16-3-2-4-16;1-3-2/h3,5-6,8-9,16-18,20,24-25,34H,4,7,11-12,14-15,19H2,1-2H3;5-13,16H,2-4H2,1H3;3H,1-2H3. The van der Waals surface area contributed by atoms with Gasteiger partial charge in [0, 0.05) is 96.4 Å². The van der Waals surface area contributed by atoms with Crippen molar-refractivity contribution >= 4 is 46.0 Å². The number of fused-ring (bicyclic) bond motifs is 4. The van der Waals surface area contributed by atoms with Crippen LogP contribution in [0.2, 0.25) is 0 Å². The number of ether oxygens (including phenoxy) is 2. The lowest BCUT2D eigenvalue weighted by atomic mass is 9.96. The topological polar surface area (TPSA) is 139 Å². The van der Waals surface area contributed by atoms with Gasteiger partial charge in [0.05, 0.1) is 17.7 Å². The van der Waals surface area contributed by atoms with Gasteiger partial charge in [-0.3, -0.25) is 9.78 Å². The second-order valence-electron chi connectivity index (χ2n) is 17.1. The van der Waals surface area contributed by atoms with Gasteiger partial charge < -0.3 is 43.9 Å². The summed E-state index contributed by atoms with van der Waals surface area (Å²) in [6, 6.07) is 25.4. The molecule has 0 bridgehead atoms. The molecule has 5 heterocycles. The minimum absolute atomic E-state index is 0.207. The number of aromatic nitrogens is 3. The first-order chi connectivity index (χ1) is 31.0. The monoisotopic (exact) mass is 862 g/mol. The lowest BCUT2D eigenvalue weighted by Gasteiger charge is -2.31. The van der Waals surface area contributed by atoms with Gasteiger partial charge in [-0.05, 0) is 132 Å². The number of aliphatic hydroxyl groups excluding tert-OH is 1. The smallest absolute Gasteiger partial charge is 0.255 e. The van der Waals surface area contributed by atoms with Gasteiger partial charge in [0.15, 0.2) is 5.60 Å². The molecule has 1 unspecified atom stereocenters. The predicted molar refractivity (Wildman–Crippen MR) is 252 cm³/mol. The number of piperidine rings is 1. The maximum absolute atomic E-state index is 12.8. The van der Waals surface area contributed by atoms with Crippen molar-refractivity contribution in [2.45, 2.75) is 89.2 Å². The van der Waals surface area contributed by atoms with E-state index < -0.39 is 11.6 Å². The van der Waals surface area contributed by atoms with E-state index in [0.717, 1.165) is 85.2 Å². The number of amides is 1. The number of anilines is 1. The second-order valence-corrected chi connectivity index (χ2v) is 17.1. The summed E-state index contributed by atoms with van der Waals surface area (Å²) in [7, 11) is 5.85. The van der Waals surface area contributed by atoms with E-state index in [1.54, 1.807) is 12.1 Å². The molecule has 2 fully saturated rings. The van der Waals surface area contributed by atoms with Gasteiger partial charge in [0.1, 0.15) is 24.4 Å². The molecule has 3 aromatic carbocycles. The molecule has 9 rings (SSSR count). The maximum atomic E-state index is 12.8. The highest BCUT2D eigenvalue weighted by molar-refractivity contribution is 6.08. The van der Waals surface area contributed by atoms with Crippen molar-refractivity contribution in [2.75, 3.05) is 32.1 Å². The summed E-state index contributed by atoms with van der Waals surface area (Å²) in [5.41, 5.74) is 7.21. The van der Waals surface area contributed by atoms with Crippen molar-refractivity contribution in [2.24, 2.45) is 7.05 Å². The number of hydrogen-bond donors (Lipinski definition) is 2. The van der Waals surface area contributed by atoms with E-state index >= 15 is 0 Å². The molecule has 0 spiro atoms. The lowest BCUT2D eigenvalue weighted by Crippen LogP contribution is -2.36. The molecule has 1 amide bonds. The van der Waals surface area contributed by atoms with Crippen molar-refractivity contribution < 1.29 is 29.0 Å². The molecule has 2 N–H and O–H groups in total. The molecular formula is C52H58N6O6. The van der Waals surface area contributed by atoms with Crippen LogP contribution in [0, 0.1) is 11.8 Å². The number of aryl methyl sites for hydroxylation is 1. The van der Waals surface area contributed by atoms with E-state index in [0.29, 0.717) is 30.4 Å². The summed E-state index contributed by atoms with van der Waals surface area (Å²) in [6.45, 7) is 5.75. The van der Waals surface area contributed by atoms with Crippen LogP contribution < -0.4 is 19.7 Å². The summed E-state index contributed by atoms with van der Waals surface area (Å²) in [5.74, 6) is 7.55. The maximum Gasteiger partial charge on any atom is 0.255 e. The second kappa shape index (κ2) is 20.8. The highest BCUT2D eigenvalue weighted by Crippen LogP contribution is 2.33. The van der Waals surface area contributed by atoms with Crippen molar-refractivity contribution in [3.63, 3.8) is 0 Å². The number of hydrogen-bond acceptors (Lipinski definition) is 10. The molecule has 3 aromatic heterocycles. The molecule has 64 heavy (non-hydrogen) atoms. The average molecular weight is 863 g/mol. The number of rotatable bonds is 11. The number of pyridine rings is 2. The molecule has 12 heteroatoms. The first kappa shape index (κ1) is 45.5. The molecule has 1 saturated carbocycles. The van der Waals surface area contributed by atoms with Crippen LogP contribution in [-0.2, 0) is 23.2 Å². The SMILES string of the molecule is CC(C)(C#Cc1cccc(N2CCC(O)CC2)c1)Oc1ccc2c(c1)CN(C(C=O)CCC=O)C2=O.CNC.Cn1c2ccncc2c2ccc(-c3ccc(OC4CCC4)nc3)cc21. The summed E-state index contributed by atoms with van der Waals surface area (Å²) < 4.78 is 14.2. The molecule has 1 atom stereocenters. The van der Waals surface area contributed by atoms with E-state index in [2.05, 4.69) is 86.1 Å². The number of carbonyl (C=O) groups excluding carboxylic acids is 3. The molecule has 332 valence electrons. The third kappa shape index (κ3) is 10.8. The molecule has 6 aromatic rings. The van der Waals surface area contributed by atoms with Crippen LogP contribution in [0.25, 0.3) is 32.9 Å². The largest absolute Gasteiger partial charge is 0.475 e. The lowest BCUT2D eigenvalue weighted by molar-refractivity contribution is -0.112. The third-order valence-corrected chi connectivity index (χ3v) is 11.8. The van der Waals surface area contributed by atoms with Gasteiger partial charge in [-0.2, -0.15) is 0 Å². The predicted octanol–water partition coefficient (Wildman–Crippen LogP) is 7.91. The van der Waals surface area contributed by atoms with Crippen LogP contribution in [0.1, 0.15) is 80.3 Å². The normalized spacial score (nSPS) is 15.4. The molecule has 1 saturated heterocycles. The van der Waals surface area contributed by atoms with Crippen molar-refractivity contribution in [1.29, 1.82) is 0 Å². The van der Waals surface area contributed by atoms with Crippen molar-refractivity contribution in [1.82, 2.24) is 24.8 Å². The Labute approximate surface area is 375 Å². The minimum Gasteiger partial charge on any atom is -0.475 e. The van der Waals surface area contributed by atoms with Gasteiger partial charge in [0.25, 0.3) is 5.91 Å². The number of nitrogens with one attached hydrogen (secondary N) is 1. The summed E-state index contributed by atoms with van der Waals surface area (Å²) in [6.07, 6.45) is 13.0. The Morgan fingerprint density at radius 3 is 2.41 bits per heavy atom. The van der Waals surface area contributed by atoms with Gasteiger partial charge >= 0.3 is 0 Å². The van der Waals surface area contributed by atoms with Gasteiger partial charge in [-0.25, -0.2) is 4.98 Å². The van der Waals surface area contributed by atoms with Crippen molar-refractivity contribution in [3.8, 4) is 34.6 Å². The number of benzene rings is 3. The molecule has 2 aliphatic heterocycles. The van der Waals surface area contributed by atoms with Crippen LogP contribution in [0.15, 0.2) is 97.5 Å². The van der Waals surface area contributed by atoms with Crippen LogP contribution in [0.5, 0.6) is 11.6 Å². The zero-order chi connectivity index (χ0) is 45.2. The third-order valence-electron chi connectivity index (χ3n) is 11.8. The molecule has 12 nitrogen and oxygen atoms in total. The molecule has 0 radical (unpaired) electrons. The van der Waals surface area contributed by atoms with Crippen LogP contribution in [0.3, 0.4) is 0 Å². The number of aliphatic hydroxyl groups is 1.